The molecular weight excluding hydrogens is 181 g/mol. The number of rotatable bonds is 5. The molecule has 0 saturated carbocycles. The highest BCUT2D eigenvalue weighted by Crippen LogP contribution is 2.31. The summed E-state index contributed by atoms with van der Waals surface area (Å²) in [6.07, 6.45) is 1.71. The van der Waals surface area contributed by atoms with Crippen LogP contribution in [0, 0.1) is 10.8 Å². The van der Waals surface area contributed by atoms with Gasteiger partial charge in [-0.2, -0.15) is 0 Å². The van der Waals surface area contributed by atoms with E-state index >= 15 is 0 Å². The van der Waals surface area contributed by atoms with Crippen LogP contribution in [0.2, 0.25) is 0 Å². The van der Waals surface area contributed by atoms with Crippen molar-refractivity contribution in [1.29, 1.82) is 5.41 Å². The number of hydrogen-bond donors (Lipinski definition) is 3. The first-order valence-corrected chi connectivity index (χ1v) is 4.42. The smallest absolute Gasteiger partial charge is 0.139 e. The van der Waals surface area contributed by atoms with Crippen molar-refractivity contribution in [3.63, 3.8) is 0 Å². The molecule has 4 heteroatoms. The van der Waals surface area contributed by atoms with Gasteiger partial charge in [-0.05, 0) is 18.4 Å². The third-order valence-corrected chi connectivity index (χ3v) is 2.23. The zero-order valence-electron chi connectivity index (χ0n) is 8.73. The van der Waals surface area contributed by atoms with Crippen molar-refractivity contribution in [3.05, 3.63) is 23.7 Å². The first-order chi connectivity index (χ1) is 6.36. The Labute approximate surface area is 84.2 Å². The minimum atomic E-state index is -0.700. The van der Waals surface area contributed by atoms with Gasteiger partial charge in [0.15, 0.2) is 0 Å². The van der Waals surface area contributed by atoms with Crippen LogP contribution in [0.4, 0.5) is 4.39 Å². The molecule has 0 aliphatic heterocycles. The Balaban J connectivity index is 5.16. The zero-order valence-corrected chi connectivity index (χ0v) is 8.73. The van der Waals surface area contributed by atoms with E-state index < -0.39 is 11.2 Å². The van der Waals surface area contributed by atoms with Gasteiger partial charge in [0, 0.05) is 11.8 Å². The Hall–Kier alpha value is -1.16. The molecule has 0 rings (SSSR count). The second-order valence-corrected chi connectivity index (χ2v) is 3.80. The van der Waals surface area contributed by atoms with Crippen LogP contribution in [-0.2, 0) is 0 Å². The van der Waals surface area contributed by atoms with E-state index in [-0.39, 0.29) is 5.70 Å². The van der Waals surface area contributed by atoms with Crippen molar-refractivity contribution in [2.45, 2.75) is 20.3 Å². The maximum atomic E-state index is 12.8. The first-order valence-electron chi connectivity index (χ1n) is 4.42. The quantitative estimate of drug-likeness (QED) is 0.465. The van der Waals surface area contributed by atoms with Gasteiger partial charge in [0.2, 0.25) is 0 Å². The topological polar surface area (TPSA) is 75.9 Å². The van der Waals surface area contributed by atoms with E-state index in [1.54, 1.807) is 0 Å². The minimum Gasteiger partial charge on any atom is -0.396 e. The Morgan fingerprint density at radius 1 is 1.57 bits per heavy atom. The lowest BCUT2D eigenvalue weighted by Gasteiger charge is -2.26. The van der Waals surface area contributed by atoms with E-state index in [1.165, 1.54) is 0 Å². The molecule has 0 aromatic carbocycles. The summed E-state index contributed by atoms with van der Waals surface area (Å²) in [6.45, 7) is 7.32. The fourth-order valence-corrected chi connectivity index (χ4v) is 1.28. The fourth-order valence-electron chi connectivity index (χ4n) is 1.28. The molecule has 0 heterocycles. The van der Waals surface area contributed by atoms with Crippen molar-refractivity contribution in [1.82, 2.24) is 0 Å². The summed E-state index contributed by atoms with van der Waals surface area (Å²) in [5.41, 5.74) is 10.9. The van der Waals surface area contributed by atoms with Crippen molar-refractivity contribution in [2.24, 2.45) is 16.9 Å². The summed E-state index contributed by atoms with van der Waals surface area (Å²) in [5, 5.41) is 7.21. The molecule has 0 spiro atoms. The second kappa shape index (κ2) is 4.91. The van der Waals surface area contributed by atoms with Gasteiger partial charge < -0.3 is 16.9 Å². The van der Waals surface area contributed by atoms with E-state index in [4.69, 9.17) is 16.9 Å². The van der Waals surface area contributed by atoms with Crippen molar-refractivity contribution >= 4 is 6.21 Å². The van der Waals surface area contributed by atoms with Crippen LogP contribution in [0.25, 0.3) is 0 Å². The van der Waals surface area contributed by atoms with Crippen LogP contribution in [0.3, 0.4) is 0 Å². The minimum absolute atomic E-state index is 0.0570. The van der Waals surface area contributed by atoms with Gasteiger partial charge in [-0.1, -0.05) is 20.4 Å². The highest BCUT2D eigenvalue weighted by molar-refractivity contribution is 5.79. The lowest BCUT2D eigenvalue weighted by Crippen LogP contribution is -2.24. The van der Waals surface area contributed by atoms with E-state index in [0.29, 0.717) is 18.5 Å². The lowest BCUT2D eigenvalue weighted by molar-refractivity contribution is 0.426. The number of nitrogens with two attached hydrogens (primary N) is 2. The molecule has 5 N–H and O–H groups in total. The van der Waals surface area contributed by atoms with Gasteiger partial charge in [0.25, 0.3) is 0 Å². The summed E-state index contributed by atoms with van der Waals surface area (Å²) < 4.78 is 12.8. The molecule has 0 unspecified atom stereocenters. The van der Waals surface area contributed by atoms with E-state index in [2.05, 4.69) is 6.58 Å². The normalized spacial score (nSPS) is 13.4. The third-order valence-electron chi connectivity index (χ3n) is 2.23. The molecule has 0 saturated heterocycles. The van der Waals surface area contributed by atoms with E-state index in [0.717, 1.165) is 6.21 Å². The highest BCUT2D eigenvalue weighted by atomic mass is 19.1. The fraction of sp³-hybridized carbons (Fsp3) is 0.500. The van der Waals surface area contributed by atoms with Crippen LogP contribution >= 0.6 is 0 Å². The number of halogens is 1. The molecule has 0 aromatic heterocycles. The molecule has 0 aromatic rings. The molecule has 0 bridgehead atoms. The maximum absolute atomic E-state index is 12.8. The van der Waals surface area contributed by atoms with E-state index in [9.17, 15) is 4.39 Å². The van der Waals surface area contributed by atoms with Gasteiger partial charge in [0.05, 0.1) is 5.70 Å². The summed E-state index contributed by atoms with van der Waals surface area (Å²) in [5.74, 6) is -0.700. The number of hydrogen-bond acceptors (Lipinski definition) is 3. The predicted molar refractivity (Wildman–Crippen MR) is 57.7 cm³/mol. The molecule has 80 valence electrons. The molecule has 3 nitrogen and oxygen atoms in total. The summed E-state index contributed by atoms with van der Waals surface area (Å²) in [6, 6.07) is 0. The highest BCUT2D eigenvalue weighted by Gasteiger charge is 2.24. The number of nitrogens with one attached hydrogen (secondary N) is 1. The summed E-state index contributed by atoms with van der Waals surface area (Å²) in [7, 11) is 0. The molecular formula is C10H18FN3. The number of allylic oxidation sites excluding steroid dienone is 2. The van der Waals surface area contributed by atoms with Gasteiger partial charge in [-0.3, -0.25) is 0 Å². The maximum Gasteiger partial charge on any atom is 0.139 e. The van der Waals surface area contributed by atoms with Gasteiger partial charge in [0.1, 0.15) is 5.83 Å². The van der Waals surface area contributed by atoms with Crippen LogP contribution < -0.4 is 11.5 Å². The molecule has 14 heavy (non-hydrogen) atoms. The van der Waals surface area contributed by atoms with Gasteiger partial charge in [-0.15, -0.1) is 0 Å². The Morgan fingerprint density at radius 2 is 2.07 bits per heavy atom. The van der Waals surface area contributed by atoms with Crippen LogP contribution in [0.1, 0.15) is 20.3 Å². The molecule has 0 amide bonds. The van der Waals surface area contributed by atoms with E-state index in [1.807, 2.05) is 13.8 Å². The van der Waals surface area contributed by atoms with Gasteiger partial charge in [-0.25, -0.2) is 4.39 Å². The monoisotopic (exact) mass is 199 g/mol. The van der Waals surface area contributed by atoms with Crippen LogP contribution in [0.5, 0.6) is 0 Å². The first kappa shape index (κ1) is 12.8. The second-order valence-electron chi connectivity index (χ2n) is 3.80. The zero-order chi connectivity index (χ0) is 11.4. The SMILES string of the molecule is C=C(F)/C(N)=C(/C=N)C(C)(C)CCN. The van der Waals surface area contributed by atoms with Crippen LogP contribution in [-0.4, -0.2) is 12.8 Å². The average molecular weight is 199 g/mol. The Kier molecular flexibility index (Phi) is 4.50. The standard InChI is InChI=1S/C10H18FN3/c1-7(11)9(14)8(6-13)10(2,3)4-5-12/h6,13H,1,4-5,12,14H2,2-3H3/b9-8+,13-6?. The largest absolute Gasteiger partial charge is 0.396 e. The molecule has 0 fully saturated rings. The van der Waals surface area contributed by atoms with Crippen molar-refractivity contribution in [3.8, 4) is 0 Å². The predicted octanol–water partition coefficient (Wildman–Crippen LogP) is 1.71. The van der Waals surface area contributed by atoms with Gasteiger partial charge >= 0.3 is 0 Å². The summed E-state index contributed by atoms with van der Waals surface area (Å²) in [4.78, 5) is 0. The third kappa shape index (κ3) is 2.96. The molecule has 0 aliphatic rings. The molecule has 0 aliphatic carbocycles. The lowest BCUT2D eigenvalue weighted by atomic mass is 9.80. The van der Waals surface area contributed by atoms with Crippen molar-refractivity contribution in [2.75, 3.05) is 6.54 Å². The molecule has 0 radical (unpaired) electrons. The van der Waals surface area contributed by atoms with Crippen LogP contribution in [0.15, 0.2) is 23.7 Å². The summed E-state index contributed by atoms with van der Waals surface area (Å²) >= 11 is 0. The Bertz CT molecular complexity index is 267. The van der Waals surface area contributed by atoms with Crippen molar-refractivity contribution < 1.29 is 4.39 Å². The average Bonchev–Trinajstić information content (AvgIpc) is 2.04. The molecule has 0 atom stereocenters. The Morgan fingerprint density at radius 3 is 2.36 bits per heavy atom.